The van der Waals surface area contributed by atoms with Crippen molar-refractivity contribution < 1.29 is 19.7 Å². The van der Waals surface area contributed by atoms with Crippen LogP contribution in [0.4, 0.5) is 0 Å². The summed E-state index contributed by atoms with van der Waals surface area (Å²) in [4.78, 5) is 2.85. The number of benzene rings is 1. The fourth-order valence-corrected chi connectivity index (χ4v) is 1.37. The zero-order valence-electron chi connectivity index (χ0n) is 10.2. The second kappa shape index (κ2) is 6.47. The topological polar surface area (TPSA) is 87.1 Å². The molecule has 2 N–H and O–H groups in total. The minimum absolute atomic E-state index is 0.195. The Morgan fingerprint density at radius 3 is 2.44 bits per heavy atom. The summed E-state index contributed by atoms with van der Waals surface area (Å²) in [5.41, 5.74) is 0.0943. The molecule has 6 heteroatoms. The third-order valence-electron chi connectivity index (χ3n) is 2.30. The van der Waals surface area contributed by atoms with Crippen LogP contribution in [0.2, 0.25) is 0 Å². The van der Waals surface area contributed by atoms with Crippen LogP contribution < -0.4 is 4.74 Å². The molecule has 96 valence electrons. The number of aliphatic hydroxyl groups is 2. The maximum Gasteiger partial charge on any atom is 0.472 e. The number of aliphatic hydroxyl groups excluding tert-OH is 2. The molecule has 0 aliphatic heterocycles. The molecule has 0 saturated carbocycles. The van der Waals surface area contributed by atoms with Crippen molar-refractivity contribution in [2.24, 2.45) is 0 Å². The summed E-state index contributed by atoms with van der Waals surface area (Å²) in [5, 5.41) is 28.2. The van der Waals surface area contributed by atoms with E-state index >= 15 is 0 Å². The number of methoxy groups -OCH3 is 1. The normalized spacial score (nSPS) is 13.2. The lowest BCUT2D eigenvalue weighted by Crippen LogP contribution is -2.04. The van der Waals surface area contributed by atoms with Crippen LogP contribution in [0.25, 0.3) is 4.98 Å². The SMILES string of the molecule is CCO/C(O)=C(\[N+]#N)C(O)c1ccc(OC)cc1. The van der Waals surface area contributed by atoms with E-state index < -0.39 is 12.0 Å². The first-order valence-electron chi connectivity index (χ1n) is 5.37. The number of diazo groups is 1. The number of hydrogen-bond acceptors (Lipinski definition) is 5. The Morgan fingerprint density at radius 1 is 1.39 bits per heavy atom. The molecule has 0 spiro atoms. The van der Waals surface area contributed by atoms with Crippen molar-refractivity contribution in [1.82, 2.24) is 0 Å². The van der Waals surface area contributed by atoms with Gasteiger partial charge in [0.25, 0.3) is 0 Å². The van der Waals surface area contributed by atoms with Gasteiger partial charge in [0.2, 0.25) is 5.39 Å². The van der Waals surface area contributed by atoms with Crippen molar-refractivity contribution in [3.63, 3.8) is 0 Å². The lowest BCUT2D eigenvalue weighted by Gasteiger charge is -2.06. The summed E-state index contributed by atoms with van der Waals surface area (Å²) < 4.78 is 9.76. The lowest BCUT2D eigenvalue weighted by molar-refractivity contribution is 0.0874. The molecule has 1 unspecified atom stereocenters. The van der Waals surface area contributed by atoms with E-state index in [0.717, 1.165) is 0 Å². The van der Waals surface area contributed by atoms with Crippen molar-refractivity contribution >= 4 is 0 Å². The van der Waals surface area contributed by atoms with Crippen LogP contribution in [0.3, 0.4) is 0 Å². The lowest BCUT2D eigenvalue weighted by atomic mass is 10.1. The Balaban J connectivity index is 3.00. The molecule has 1 aromatic rings. The van der Waals surface area contributed by atoms with Crippen LogP contribution in [-0.2, 0) is 4.74 Å². The van der Waals surface area contributed by atoms with E-state index in [4.69, 9.17) is 14.9 Å². The van der Waals surface area contributed by atoms with Crippen LogP contribution in [0.1, 0.15) is 18.6 Å². The Labute approximate surface area is 105 Å². The summed E-state index contributed by atoms with van der Waals surface area (Å²) in [6, 6.07) is 6.47. The Morgan fingerprint density at radius 2 is 2.00 bits per heavy atom. The first-order chi connectivity index (χ1) is 8.63. The van der Waals surface area contributed by atoms with Gasteiger partial charge >= 0.3 is 11.6 Å². The minimum atomic E-state index is -1.28. The van der Waals surface area contributed by atoms with Crippen LogP contribution in [0.5, 0.6) is 5.75 Å². The van der Waals surface area contributed by atoms with E-state index in [1.807, 2.05) is 0 Å². The monoisotopic (exact) mass is 251 g/mol. The van der Waals surface area contributed by atoms with Gasteiger partial charge in [0, 0.05) is 0 Å². The molecule has 0 radical (unpaired) electrons. The Hall–Kier alpha value is -2.26. The zero-order chi connectivity index (χ0) is 13.5. The van der Waals surface area contributed by atoms with Crippen LogP contribution in [0, 0.1) is 5.39 Å². The molecule has 18 heavy (non-hydrogen) atoms. The van der Waals surface area contributed by atoms with E-state index in [0.29, 0.717) is 11.3 Å². The molecule has 0 aliphatic carbocycles. The van der Waals surface area contributed by atoms with Crippen molar-refractivity contribution in [2.45, 2.75) is 13.0 Å². The molecule has 0 saturated heterocycles. The summed E-state index contributed by atoms with van der Waals surface area (Å²) in [7, 11) is 1.53. The van der Waals surface area contributed by atoms with Gasteiger partial charge in [-0.1, -0.05) is 12.1 Å². The van der Waals surface area contributed by atoms with Crippen LogP contribution in [-0.4, -0.2) is 23.9 Å². The highest BCUT2D eigenvalue weighted by Gasteiger charge is 2.32. The quantitative estimate of drug-likeness (QED) is 0.619. The average molecular weight is 251 g/mol. The molecule has 0 amide bonds. The van der Waals surface area contributed by atoms with Gasteiger partial charge in [-0.15, -0.1) is 0 Å². The number of rotatable bonds is 5. The molecule has 0 aromatic heterocycles. The van der Waals surface area contributed by atoms with Crippen molar-refractivity contribution in [2.75, 3.05) is 13.7 Å². The van der Waals surface area contributed by atoms with Gasteiger partial charge in [-0.25, -0.2) is 0 Å². The smallest absolute Gasteiger partial charge is 0.472 e. The van der Waals surface area contributed by atoms with Gasteiger partial charge in [-0.05, 0) is 24.6 Å². The molecular formula is C12H15N2O4+. The van der Waals surface area contributed by atoms with Crippen LogP contribution >= 0.6 is 0 Å². The molecule has 6 nitrogen and oxygen atoms in total. The summed E-state index contributed by atoms with van der Waals surface area (Å²) in [5.74, 6) is 0.0229. The minimum Gasteiger partial charge on any atom is -0.497 e. The van der Waals surface area contributed by atoms with Gasteiger partial charge < -0.3 is 19.7 Å². The highest BCUT2D eigenvalue weighted by molar-refractivity contribution is 5.33. The number of hydrogen-bond donors (Lipinski definition) is 2. The predicted octanol–water partition coefficient (Wildman–Crippen LogP) is 2.35. The third kappa shape index (κ3) is 3.12. The first kappa shape index (κ1) is 13.8. The van der Waals surface area contributed by atoms with E-state index in [1.54, 1.807) is 31.2 Å². The highest BCUT2D eigenvalue weighted by atomic mass is 16.6. The zero-order valence-corrected chi connectivity index (χ0v) is 10.2. The Bertz CT molecular complexity index is 462. The second-order valence-electron chi connectivity index (χ2n) is 3.40. The summed E-state index contributed by atoms with van der Waals surface area (Å²) >= 11 is 0. The van der Waals surface area contributed by atoms with E-state index in [-0.39, 0.29) is 12.3 Å². The largest absolute Gasteiger partial charge is 0.497 e. The molecular weight excluding hydrogens is 236 g/mol. The molecule has 0 bridgehead atoms. The third-order valence-corrected chi connectivity index (χ3v) is 2.30. The average Bonchev–Trinajstić information content (AvgIpc) is 2.40. The molecule has 1 rings (SSSR count). The summed E-state index contributed by atoms with van der Waals surface area (Å²) in [6.45, 7) is 1.85. The van der Waals surface area contributed by atoms with Crippen LogP contribution in [0.15, 0.2) is 35.9 Å². The molecule has 1 aromatic carbocycles. The van der Waals surface area contributed by atoms with Gasteiger partial charge in [0.15, 0.2) is 11.1 Å². The molecule has 0 fully saturated rings. The van der Waals surface area contributed by atoms with E-state index in [1.165, 1.54) is 7.11 Å². The maximum atomic E-state index is 9.95. The Kier molecular flexibility index (Phi) is 4.96. The van der Waals surface area contributed by atoms with Gasteiger partial charge in [-0.3, -0.25) is 0 Å². The van der Waals surface area contributed by atoms with E-state index in [2.05, 4.69) is 4.98 Å². The van der Waals surface area contributed by atoms with Gasteiger partial charge in [0.1, 0.15) is 5.75 Å². The second-order valence-corrected chi connectivity index (χ2v) is 3.40. The highest BCUT2D eigenvalue weighted by Crippen LogP contribution is 2.26. The number of ether oxygens (including phenoxy) is 2. The number of nitrogens with zero attached hydrogens (tertiary/aromatic N) is 2. The van der Waals surface area contributed by atoms with Crippen molar-refractivity contribution in [3.05, 3.63) is 46.4 Å². The maximum absolute atomic E-state index is 9.95. The molecule has 0 heterocycles. The standard InChI is InChI=1S/C12H14N2O4/c1-3-18-12(16)10(14-13)11(15)8-4-6-9(17-2)7-5-8/h4-7,11,15H,3H2,1-2H3/p+1/b12-10-. The molecule has 1 atom stereocenters. The summed E-state index contributed by atoms with van der Waals surface area (Å²) in [6.07, 6.45) is -1.28. The fourth-order valence-electron chi connectivity index (χ4n) is 1.37. The first-order valence-corrected chi connectivity index (χ1v) is 5.37. The van der Waals surface area contributed by atoms with Crippen molar-refractivity contribution in [1.29, 1.82) is 5.39 Å². The van der Waals surface area contributed by atoms with Gasteiger partial charge in [-0.2, -0.15) is 0 Å². The fraction of sp³-hybridized carbons (Fsp3) is 0.333. The van der Waals surface area contributed by atoms with Gasteiger partial charge in [0.05, 0.1) is 13.7 Å². The predicted molar refractivity (Wildman–Crippen MR) is 64.3 cm³/mol. The van der Waals surface area contributed by atoms with Crippen molar-refractivity contribution in [3.8, 4) is 5.75 Å². The molecule has 0 aliphatic rings. The van der Waals surface area contributed by atoms with E-state index in [9.17, 15) is 10.2 Å².